The van der Waals surface area contributed by atoms with Gasteiger partial charge in [0, 0.05) is 19.5 Å². The lowest BCUT2D eigenvalue weighted by molar-refractivity contribution is -0.143. The topological polar surface area (TPSA) is 32.3 Å². The van der Waals surface area contributed by atoms with Crippen LogP contribution < -0.4 is 5.32 Å². The quantitative estimate of drug-likeness (QED) is 0.529. The van der Waals surface area contributed by atoms with Gasteiger partial charge in [0.1, 0.15) is 5.82 Å². The molecule has 3 nitrogen and oxygen atoms in total. The summed E-state index contributed by atoms with van der Waals surface area (Å²) < 4.78 is 92.4. The first-order chi connectivity index (χ1) is 15.8. The van der Waals surface area contributed by atoms with Crippen molar-refractivity contribution in [2.45, 2.75) is 38.2 Å². The zero-order valence-corrected chi connectivity index (χ0v) is 18.4. The average molecular weight is 490 g/mol. The molecule has 1 amide bonds. The molecule has 1 N–H and O–H groups in total. The molecule has 1 fully saturated rings. The fraction of sp³-hybridized carbons (Fsp3) is 0.458. The standard InChI is InChI=1S/C24H25F7N2O/c1-33(14-16-9-18(23(26,27)28)12-19(10-16)24(29,30)31)22(34)21(17-3-2-8-32-13-17)11-15-4-6-20(25)7-5-15/h4-7,9-10,12,17,21,32H,2-3,8,11,13-14H2,1H3. The van der Waals surface area contributed by atoms with E-state index in [-0.39, 0.29) is 29.9 Å². The predicted molar refractivity (Wildman–Crippen MR) is 112 cm³/mol. The molecule has 2 aromatic carbocycles. The Labute approximate surface area is 192 Å². The van der Waals surface area contributed by atoms with Crippen LogP contribution in [0.3, 0.4) is 0 Å². The summed E-state index contributed by atoms with van der Waals surface area (Å²) in [6, 6.07) is 7.02. The predicted octanol–water partition coefficient (Wildman–Crippen LogP) is 5.68. The maximum absolute atomic E-state index is 13.4. The smallest absolute Gasteiger partial charge is 0.341 e. The van der Waals surface area contributed by atoms with Gasteiger partial charge in [0.2, 0.25) is 5.91 Å². The van der Waals surface area contributed by atoms with E-state index in [1.807, 2.05) is 0 Å². The Morgan fingerprint density at radius 1 is 1.00 bits per heavy atom. The molecule has 3 rings (SSSR count). The molecule has 0 saturated carbocycles. The number of rotatable bonds is 6. The summed E-state index contributed by atoms with van der Waals surface area (Å²) in [5.41, 5.74) is -2.38. The van der Waals surface area contributed by atoms with E-state index >= 15 is 0 Å². The molecule has 10 heteroatoms. The number of nitrogens with zero attached hydrogens (tertiary/aromatic N) is 1. The number of benzene rings is 2. The average Bonchev–Trinajstić information content (AvgIpc) is 2.77. The van der Waals surface area contributed by atoms with Gasteiger partial charge in [0.15, 0.2) is 0 Å². The maximum Gasteiger partial charge on any atom is 0.416 e. The Kier molecular flexibility index (Phi) is 7.90. The van der Waals surface area contributed by atoms with E-state index in [0.717, 1.165) is 24.9 Å². The van der Waals surface area contributed by atoms with E-state index in [2.05, 4.69) is 5.32 Å². The van der Waals surface area contributed by atoms with Gasteiger partial charge in [-0.2, -0.15) is 26.3 Å². The molecular formula is C24H25F7N2O. The van der Waals surface area contributed by atoms with Gasteiger partial charge in [-0.1, -0.05) is 12.1 Å². The lowest BCUT2D eigenvalue weighted by Gasteiger charge is -2.33. The van der Waals surface area contributed by atoms with Crippen molar-refractivity contribution in [2.75, 3.05) is 20.1 Å². The summed E-state index contributed by atoms with van der Waals surface area (Å²) in [5, 5.41) is 3.22. The number of nitrogens with one attached hydrogen (secondary N) is 1. The third-order valence-electron chi connectivity index (χ3n) is 6.03. The molecule has 2 aromatic rings. The Bertz CT molecular complexity index is 948. The fourth-order valence-electron chi connectivity index (χ4n) is 4.30. The largest absolute Gasteiger partial charge is 0.416 e. The Balaban J connectivity index is 1.86. The lowest BCUT2D eigenvalue weighted by atomic mass is 9.81. The van der Waals surface area contributed by atoms with E-state index in [9.17, 15) is 35.5 Å². The van der Waals surface area contributed by atoms with Crippen LogP contribution in [-0.2, 0) is 30.1 Å². The summed E-state index contributed by atoms with van der Waals surface area (Å²) >= 11 is 0. The van der Waals surface area contributed by atoms with Crippen LogP contribution in [0.25, 0.3) is 0 Å². The molecule has 1 aliphatic heterocycles. The Hall–Kier alpha value is -2.62. The van der Waals surface area contributed by atoms with Crippen molar-refractivity contribution in [3.05, 3.63) is 70.5 Å². The Morgan fingerprint density at radius 2 is 1.59 bits per heavy atom. The third-order valence-corrected chi connectivity index (χ3v) is 6.03. The summed E-state index contributed by atoms with van der Waals surface area (Å²) in [6.07, 6.45) is -8.05. The molecule has 1 aliphatic rings. The molecule has 0 spiro atoms. The number of hydrogen-bond donors (Lipinski definition) is 1. The number of carbonyl (C=O) groups is 1. The van der Waals surface area contributed by atoms with Crippen LogP contribution in [0.2, 0.25) is 0 Å². The van der Waals surface area contributed by atoms with Crippen molar-refractivity contribution in [2.24, 2.45) is 11.8 Å². The second-order valence-electron chi connectivity index (χ2n) is 8.65. The fourth-order valence-corrected chi connectivity index (χ4v) is 4.30. The SMILES string of the molecule is CN(Cc1cc(C(F)(F)F)cc(C(F)(F)F)c1)C(=O)C(Cc1ccc(F)cc1)C1CCCNC1. The van der Waals surface area contributed by atoms with Crippen molar-refractivity contribution < 1.29 is 35.5 Å². The molecule has 2 unspecified atom stereocenters. The third kappa shape index (κ3) is 6.71. The van der Waals surface area contributed by atoms with Gasteiger partial charge in [-0.25, -0.2) is 4.39 Å². The van der Waals surface area contributed by atoms with Crippen molar-refractivity contribution >= 4 is 5.91 Å². The molecule has 0 aliphatic carbocycles. The minimum atomic E-state index is -4.96. The molecule has 1 heterocycles. The van der Waals surface area contributed by atoms with Gasteiger partial charge < -0.3 is 10.2 Å². The second kappa shape index (κ2) is 10.3. The maximum atomic E-state index is 13.4. The number of piperidine rings is 1. The van der Waals surface area contributed by atoms with E-state index in [0.29, 0.717) is 18.7 Å². The molecule has 0 radical (unpaired) electrons. The second-order valence-corrected chi connectivity index (χ2v) is 8.65. The first-order valence-electron chi connectivity index (χ1n) is 10.8. The van der Waals surface area contributed by atoms with Crippen molar-refractivity contribution in [1.82, 2.24) is 10.2 Å². The molecule has 1 saturated heterocycles. The summed E-state index contributed by atoms with van der Waals surface area (Å²) in [4.78, 5) is 14.5. The Morgan fingerprint density at radius 3 is 2.09 bits per heavy atom. The van der Waals surface area contributed by atoms with Gasteiger partial charge in [-0.15, -0.1) is 0 Å². The van der Waals surface area contributed by atoms with E-state index in [1.54, 1.807) is 12.1 Å². The number of amides is 1. The number of halogens is 7. The number of carbonyl (C=O) groups excluding carboxylic acids is 1. The number of hydrogen-bond acceptors (Lipinski definition) is 2. The highest BCUT2D eigenvalue weighted by molar-refractivity contribution is 5.79. The minimum absolute atomic E-state index is 0.0658. The normalized spacial score (nSPS) is 17.9. The van der Waals surface area contributed by atoms with Crippen LogP contribution in [0.1, 0.15) is 35.1 Å². The van der Waals surface area contributed by atoms with Crippen LogP contribution in [0.5, 0.6) is 0 Å². The van der Waals surface area contributed by atoms with Crippen LogP contribution in [0.15, 0.2) is 42.5 Å². The van der Waals surface area contributed by atoms with E-state index in [1.165, 1.54) is 24.1 Å². The van der Waals surface area contributed by atoms with Crippen molar-refractivity contribution in [3.63, 3.8) is 0 Å². The summed E-state index contributed by atoms with van der Waals surface area (Å²) in [7, 11) is 1.36. The molecule has 186 valence electrons. The zero-order valence-electron chi connectivity index (χ0n) is 18.4. The number of alkyl halides is 6. The highest BCUT2D eigenvalue weighted by atomic mass is 19.4. The molecule has 0 aromatic heterocycles. The molecule has 0 bridgehead atoms. The van der Waals surface area contributed by atoms with Gasteiger partial charge in [0.05, 0.1) is 11.1 Å². The van der Waals surface area contributed by atoms with Crippen molar-refractivity contribution in [1.29, 1.82) is 0 Å². The highest BCUT2D eigenvalue weighted by Crippen LogP contribution is 2.36. The van der Waals surface area contributed by atoms with Crippen LogP contribution in [0, 0.1) is 17.7 Å². The van der Waals surface area contributed by atoms with Gasteiger partial charge in [0.25, 0.3) is 0 Å². The van der Waals surface area contributed by atoms with Gasteiger partial charge in [-0.05, 0) is 79.7 Å². The lowest BCUT2D eigenvalue weighted by Crippen LogP contribution is -2.43. The molecular weight excluding hydrogens is 465 g/mol. The zero-order chi connectivity index (χ0) is 25.1. The van der Waals surface area contributed by atoms with Crippen LogP contribution >= 0.6 is 0 Å². The summed E-state index contributed by atoms with van der Waals surface area (Å²) in [6.45, 7) is 0.952. The van der Waals surface area contributed by atoms with Gasteiger partial charge >= 0.3 is 12.4 Å². The first-order valence-corrected chi connectivity index (χ1v) is 10.8. The van der Waals surface area contributed by atoms with E-state index in [4.69, 9.17) is 0 Å². The van der Waals surface area contributed by atoms with Crippen LogP contribution in [0.4, 0.5) is 30.7 Å². The molecule has 34 heavy (non-hydrogen) atoms. The van der Waals surface area contributed by atoms with Crippen LogP contribution in [-0.4, -0.2) is 30.9 Å². The monoisotopic (exact) mass is 490 g/mol. The van der Waals surface area contributed by atoms with Gasteiger partial charge in [-0.3, -0.25) is 4.79 Å². The van der Waals surface area contributed by atoms with E-state index < -0.39 is 41.8 Å². The summed E-state index contributed by atoms with van der Waals surface area (Å²) in [5.74, 6) is -1.44. The minimum Gasteiger partial charge on any atom is -0.341 e. The van der Waals surface area contributed by atoms with Crippen molar-refractivity contribution in [3.8, 4) is 0 Å². The highest BCUT2D eigenvalue weighted by Gasteiger charge is 2.37. The molecule has 2 atom stereocenters. The first kappa shape index (κ1) is 26.0.